The normalized spacial score (nSPS) is 13.2. The number of hydrogen-bond donors (Lipinski definition) is 2. The summed E-state index contributed by atoms with van der Waals surface area (Å²) < 4.78 is 16.6. The Kier molecular flexibility index (Phi) is 7.29. The van der Waals surface area contributed by atoms with Gasteiger partial charge in [-0.25, -0.2) is 9.59 Å². The highest BCUT2D eigenvalue weighted by Gasteiger charge is 2.30. The highest BCUT2D eigenvalue weighted by Crippen LogP contribution is 2.31. The van der Waals surface area contributed by atoms with Crippen LogP contribution in [0.1, 0.15) is 41.0 Å². The average Bonchev–Trinajstić information content (AvgIpc) is 2.75. The number of carbonyl (C=O) groups is 2. The zero-order chi connectivity index (χ0) is 25.0. The minimum absolute atomic E-state index is 0.0233. The number of aromatic hydroxyl groups is 1. The van der Waals surface area contributed by atoms with E-state index in [-0.39, 0.29) is 28.4 Å². The Bertz CT molecular complexity index is 1240. The average molecular weight is 468 g/mol. The molecule has 180 valence electrons. The SMILES string of the molecule is CCC(C)C(NC(=O)OC(C)(C)C)C(=O)Oc1cc(O)c2c(=O)cc(-c3ccccc3)oc2c1. The maximum atomic E-state index is 13.0. The van der Waals surface area contributed by atoms with Crippen molar-refractivity contribution in [2.24, 2.45) is 5.92 Å². The quantitative estimate of drug-likeness (QED) is 0.387. The van der Waals surface area contributed by atoms with Gasteiger partial charge >= 0.3 is 12.1 Å². The highest BCUT2D eigenvalue weighted by atomic mass is 16.6. The monoisotopic (exact) mass is 467 g/mol. The summed E-state index contributed by atoms with van der Waals surface area (Å²) >= 11 is 0. The Balaban J connectivity index is 1.92. The van der Waals surface area contributed by atoms with Gasteiger partial charge in [-0.2, -0.15) is 0 Å². The van der Waals surface area contributed by atoms with Crippen molar-refractivity contribution in [2.75, 3.05) is 0 Å². The molecule has 3 rings (SSSR count). The van der Waals surface area contributed by atoms with Crippen molar-refractivity contribution < 1.29 is 28.6 Å². The Labute approximate surface area is 197 Å². The summed E-state index contributed by atoms with van der Waals surface area (Å²) in [6.07, 6.45) is -0.150. The molecule has 8 nitrogen and oxygen atoms in total. The molecule has 1 heterocycles. The first-order chi connectivity index (χ1) is 16.0. The third-order valence-corrected chi connectivity index (χ3v) is 5.20. The maximum Gasteiger partial charge on any atom is 0.408 e. The van der Waals surface area contributed by atoms with Crippen LogP contribution < -0.4 is 15.5 Å². The van der Waals surface area contributed by atoms with Crippen LogP contribution in [0.25, 0.3) is 22.3 Å². The van der Waals surface area contributed by atoms with Gasteiger partial charge in [0.25, 0.3) is 0 Å². The second kappa shape index (κ2) is 9.99. The number of phenols is 1. The van der Waals surface area contributed by atoms with E-state index >= 15 is 0 Å². The number of rotatable bonds is 6. The Morgan fingerprint density at radius 3 is 2.41 bits per heavy atom. The van der Waals surface area contributed by atoms with Gasteiger partial charge in [0.2, 0.25) is 0 Å². The van der Waals surface area contributed by atoms with E-state index < -0.39 is 29.1 Å². The van der Waals surface area contributed by atoms with Gasteiger partial charge in [-0.15, -0.1) is 0 Å². The van der Waals surface area contributed by atoms with Crippen LogP contribution in [0.2, 0.25) is 0 Å². The molecule has 1 aromatic heterocycles. The minimum atomic E-state index is -0.986. The minimum Gasteiger partial charge on any atom is -0.507 e. The molecule has 2 atom stereocenters. The molecule has 2 N–H and O–H groups in total. The molecule has 0 saturated carbocycles. The number of phenolic OH excluding ortho intramolecular Hbond substituents is 1. The lowest BCUT2D eigenvalue weighted by Crippen LogP contribution is -2.48. The van der Waals surface area contributed by atoms with Crippen molar-refractivity contribution in [2.45, 2.75) is 52.7 Å². The van der Waals surface area contributed by atoms with E-state index in [2.05, 4.69) is 5.32 Å². The molecule has 0 bridgehead atoms. The van der Waals surface area contributed by atoms with E-state index in [0.29, 0.717) is 17.7 Å². The van der Waals surface area contributed by atoms with Crippen LogP contribution in [-0.2, 0) is 9.53 Å². The number of amides is 1. The molecule has 2 aromatic carbocycles. The van der Waals surface area contributed by atoms with Gasteiger partial charge < -0.3 is 24.3 Å². The third kappa shape index (κ3) is 5.95. The number of alkyl carbamates (subject to hydrolysis) is 1. The van der Waals surface area contributed by atoms with Gasteiger partial charge in [0.15, 0.2) is 5.43 Å². The first-order valence-corrected chi connectivity index (χ1v) is 11.1. The fraction of sp³-hybridized carbons (Fsp3) is 0.346. The summed E-state index contributed by atoms with van der Waals surface area (Å²) in [7, 11) is 0. The maximum absolute atomic E-state index is 13.0. The molecule has 0 aliphatic heterocycles. The van der Waals surface area contributed by atoms with E-state index in [9.17, 15) is 19.5 Å². The fourth-order valence-corrected chi connectivity index (χ4v) is 3.33. The molecular formula is C26H29NO7. The molecule has 0 spiro atoms. The number of ether oxygens (including phenoxy) is 2. The lowest BCUT2D eigenvalue weighted by atomic mass is 9.99. The third-order valence-electron chi connectivity index (χ3n) is 5.20. The lowest BCUT2D eigenvalue weighted by Gasteiger charge is -2.25. The number of nitrogens with one attached hydrogen (secondary N) is 1. The van der Waals surface area contributed by atoms with Crippen LogP contribution in [0.5, 0.6) is 11.5 Å². The summed E-state index contributed by atoms with van der Waals surface area (Å²) in [4.78, 5) is 37.8. The molecule has 0 fully saturated rings. The van der Waals surface area contributed by atoms with Crippen LogP contribution in [0, 0.1) is 5.92 Å². The summed E-state index contributed by atoms with van der Waals surface area (Å²) in [5.74, 6) is -1.08. The Morgan fingerprint density at radius 2 is 1.79 bits per heavy atom. The second-order valence-corrected chi connectivity index (χ2v) is 9.09. The van der Waals surface area contributed by atoms with Gasteiger partial charge in [0.05, 0.1) is 0 Å². The van der Waals surface area contributed by atoms with Crippen LogP contribution in [0.15, 0.2) is 57.7 Å². The summed E-state index contributed by atoms with van der Waals surface area (Å²) in [6, 6.07) is 11.9. The van der Waals surface area contributed by atoms with Gasteiger partial charge in [-0.3, -0.25) is 4.79 Å². The Hall–Kier alpha value is -3.81. The zero-order valence-corrected chi connectivity index (χ0v) is 19.9. The van der Waals surface area contributed by atoms with Crippen LogP contribution in [-0.4, -0.2) is 28.8 Å². The van der Waals surface area contributed by atoms with Gasteiger partial charge in [-0.1, -0.05) is 50.6 Å². The molecule has 0 radical (unpaired) electrons. The van der Waals surface area contributed by atoms with Crippen molar-refractivity contribution in [1.82, 2.24) is 5.32 Å². The van der Waals surface area contributed by atoms with E-state index in [1.807, 2.05) is 25.1 Å². The van der Waals surface area contributed by atoms with Crippen molar-refractivity contribution in [1.29, 1.82) is 0 Å². The fourth-order valence-electron chi connectivity index (χ4n) is 3.33. The summed E-state index contributed by atoms with van der Waals surface area (Å²) in [5, 5.41) is 13.0. The smallest absolute Gasteiger partial charge is 0.408 e. The zero-order valence-electron chi connectivity index (χ0n) is 19.9. The second-order valence-electron chi connectivity index (χ2n) is 9.09. The van der Waals surface area contributed by atoms with Gasteiger partial charge in [0, 0.05) is 23.8 Å². The van der Waals surface area contributed by atoms with E-state index in [1.165, 1.54) is 18.2 Å². The number of fused-ring (bicyclic) bond motifs is 1. The summed E-state index contributed by atoms with van der Waals surface area (Å²) in [6.45, 7) is 8.84. The number of esters is 1. The molecule has 0 aliphatic rings. The Morgan fingerprint density at radius 1 is 1.12 bits per heavy atom. The van der Waals surface area contributed by atoms with Crippen molar-refractivity contribution in [3.8, 4) is 22.8 Å². The van der Waals surface area contributed by atoms with Crippen LogP contribution in [0.4, 0.5) is 4.79 Å². The molecule has 34 heavy (non-hydrogen) atoms. The lowest BCUT2D eigenvalue weighted by molar-refractivity contribution is -0.138. The van der Waals surface area contributed by atoms with E-state index in [0.717, 1.165) is 0 Å². The molecule has 2 unspecified atom stereocenters. The predicted molar refractivity (Wildman–Crippen MR) is 128 cm³/mol. The molecule has 1 amide bonds. The van der Waals surface area contributed by atoms with Crippen molar-refractivity contribution in [3.05, 3.63) is 58.8 Å². The highest BCUT2D eigenvalue weighted by molar-refractivity contribution is 5.88. The van der Waals surface area contributed by atoms with Crippen LogP contribution >= 0.6 is 0 Å². The first-order valence-electron chi connectivity index (χ1n) is 11.1. The molecule has 8 heteroatoms. The van der Waals surface area contributed by atoms with Crippen molar-refractivity contribution >= 4 is 23.0 Å². The first kappa shape index (κ1) is 24.8. The topological polar surface area (TPSA) is 115 Å². The molecular weight excluding hydrogens is 438 g/mol. The van der Waals surface area contributed by atoms with Gasteiger partial charge in [-0.05, 0) is 26.7 Å². The van der Waals surface area contributed by atoms with Gasteiger partial charge in [0.1, 0.15) is 39.9 Å². The summed E-state index contributed by atoms with van der Waals surface area (Å²) in [5.41, 5.74) is -0.415. The number of hydrogen-bond acceptors (Lipinski definition) is 7. The number of benzene rings is 2. The van der Waals surface area contributed by atoms with E-state index in [1.54, 1.807) is 39.8 Å². The van der Waals surface area contributed by atoms with Crippen LogP contribution in [0.3, 0.4) is 0 Å². The number of carbonyl (C=O) groups excluding carboxylic acids is 2. The molecule has 0 saturated heterocycles. The molecule has 0 aliphatic carbocycles. The predicted octanol–water partition coefficient (Wildman–Crippen LogP) is 5.01. The molecule has 3 aromatic rings. The largest absolute Gasteiger partial charge is 0.507 e. The standard InChI is InChI=1S/C26H29NO7/c1-6-15(2)23(27-25(31)34-26(3,4)5)24(30)32-17-12-18(28)22-19(29)14-20(33-21(22)13-17)16-10-8-7-9-11-16/h7-15,23,28H,6H2,1-5H3,(H,27,31). The van der Waals surface area contributed by atoms with E-state index in [4.69, 9.17) is 13.9 Å². The van der Waals surface area contributed by atoms with Crippen molar-refractivity contribution in [3.63, 3.8) is 0 Å².